The van der Waals surface area contributed by atoms with Crippen molar-refractivity contribution in [2.45, 2.75) is 45.4 Å². The molecule has 1 heterocycles. The van der Waals surface area contributed by atoms with Crippen molar-refractivity contribution in [2.75, 3.05) is 24.2 Å². The van der Waals surface area contributed by atoms with E-state index in [1.165, 1.54) is 50.1 Å². The van der Waals surface area contributed by atoms with Crippen molar-refractivity contribution in [2.24, 2.45) is 5.92 Å². The topological polar surface area (TPSA) is 60.2 Å². The molecule has 0 unspecified atom stereocenters. The van der Waals surface area contributed by atoms with Crippen LogP contribution in [0.25, 0.3) is 0 Å². The minimum absolute atomic E-state index is 0.502. The number of aromatic nitrogens is 1. The molecule has 3 N–H and O–H groups in total. The molecule has 0 saturated heterocycles. The highest BCUT2D eigenvalue weighted by atomic mass is 32.1. The zero-order valence-corrected chi connectivity index (χ0v) is 11.9. The highest BCUT2D eigenvalue weighted by Gasteiger charge is 2.15. The molecule has 2 rings (SSSR count). The van der Waals surface area contributed by atoms with E-state index in [0.717, 1.165) is 23.2 Å². The molecular formula is C13H23N3OS. The number of hydrogen-bond acceptors (Lipinski definition) is 5. The van der Waals surface area contributed by atoms with Gasteiger partial charge >= 0.3 is 0 Å². The number of ether oxygens (including phenoxy) is 1. The molecule has 4 nitrogen and oxygen atoms in total. The van der Waals surface area contributed by atoms with Gasteiger partial charge in [-0.05, 0) is 30.8 Å². The third kappa shape index (κ3) is 3.51. The van der Waals surface area contributed by atoms with Gasteiger partial charge in [-0.2, -0.15) is 4.37 Å². The molecule has 0 aromatic carbocycles. The van der Waals surface area contributed by atoms with Crippen LogP contribution in [0.1, 0.15) is 45.4 Å². The van der Waals surface area contributed by atoms with E-state index in [9.17, 15) is 0 Å². The zero-order chi connectivity index (χ0) is 12.8. The molecule has 1 aromatic rings. The number of anilines is 2. The van der Waals surface area contributed by atoms with Crippen LogP contribution in [0.15, 0.2) is 0 Å². The minimum Gasteiger partial charge on any atom is -0.487 e. The molecule has 0 bridgehead atoms. The highest BCUT2D eigenvalue weighted by Crippen LogP contribution is 2.35. The van der Waals surface area contributed by atoms with E-state index in [4.69, 9.17) is 10.5 Å². The average Bonchev–Trinajstić information content (AvgIpc) is 2.73. The molecule has 0 aliphatic heterocycles. The van der Waals surface area contributed by atoms with Crippen LogP contribution in [0, 0.1) is 5.92 Å². The summed E-state index contributed by atoms with van der Waals surface area (Å²) >= 11 is 1.39. The molecule has 0 amide bonds. The Labute approximate surface area is 113 Å². The van der Waals surface area contributed by atoms with Gasteiger partial charge in [0.15, 0.2) is 16.6 Å². The predicted molar refractivity (Wildman–Crippen MR) is 77.4 cm³/mol. The fourth-order valence-corrected chi connectivity index (χ4v) is 3.24. The molecule has 1 aliphatic rings. The Balaban J connectivity index is 1.78. The Morgan fingerprint density at radius 1 is 1.39 bits per heavy atom. The summed E-state index contributed by atoms with van der Waals surface area (Å²) in [5.74, 6) is 2.13. The number of rotatable bonds is 6. The van der Waals surface area contributed by atoms with Crippen LogP contribution in [-0.4, -0.2) is 17.5 Å². The van der Waals surface area contributed by atoms with Crippen LogP contribution in [0.3, 0.4) is 0 Å². The predicted octanol–water partition coefficient (Wildman–Crippen LogP) is 3.51. The van der Waals surface area contributed by atoms with Crippen LogP contribution >= 0.6 is 11.5 Å². The number of nitrogen functional groups attached to an aromatic ring is 1. The van der Waals surface area contributed by atoms with Gasteiger partial charge in [-0.1, -0.05) is 32.1 Å². The maximum absolute atomic E-state index is 5.78. The summed E-state index contributed by atoms with van der Waals surface area (Å²) in [6, 6.07) is 0. The first-order chi connectivity index (χ1) is 8.81. The average molecular weight is 269 g/mol. The summed E-state index contributed by atoms with van der Waals surface area (Å²) in [4.78, 5) is 0. The molecule has 0 atom stereocenters. The lowest BCUT2D eigenvalue weighted by molar-refractivity contribution is 0.341. The van der Waals surface area contributed by atoms with Gasteiger partial charge in [0.05, 0.1) is 6.61 Å². The van der Waals surface area contributed by atoms with E-state index in [0.29, 0.717) is 12.4 Å². The summed E-state index contributed by atoms with van der Waals surface area (Å²) in [7, 11) is 0. The van der Waals surface area contributed by atoms with Crippen LogP contribution < -0.4 is 15.8 Å². The largest absolute Gasteiger partial charge is 0.487 e. The van der Waals surface area contributed by atoms with Crippen molar-refractivity contribution in [1.29, 1.82) is 0 Å². The van der Waals surface area contributed by atoms with Gasteiger partial charge in [-0.15, -0.1) is 0 Å². The quantitative estimate of drug-likeness (QED) is 0.829. The van der Waals surface area contributed by atoms with Crippen molar-refractivity contribution in [1.82, 2.24) is 4.37 Å². The molecule has 18 heavy (non-hydrogen) atoms. The van der Waals surface area contributed by atoms with E-state index >= 15 is 0 Å². The lowest BCUT2D eigenvalue weighted by atomic mass is 9.87. The molecule has 1 saturated carbocycles. The fraction of sp³-hybridized carbons (Fsp3) is 0.769. The minimum atomic E-state index is 0.502. The highest BCUT2D eigenvalue weighted by molar-refractivity contribution is 7.11. The molecule has 1 aromatic heterocycles. The summed E-state index contributed by atoms with van der Waals surface area (Å²) in [5, 5.41) is 4.39. The van der Waals surface area contributed by atoms with Gasteiger partial charge < -0.3 is 15.8 Å². The summed E-state index contributed by atoms with van der Waals surface area (Å²) < 4.78 is 9.64. The van der Waals surface area contributed by atoms with Crippen molar-refractivity contribution in [3.05, 3.63) is 0 Å². The monoisotopic (exact) mass is 269 g/mol. The lowest BCUT2D eigenvalue weighted by Crippen LogP contribution is -2.12. The fourth-order valence-electron chi connectivity index (χ4n) is 2.56. The van der Waals surface area contributed by atoms with Crippen LogP contribution in [0.4, 0.5) is 10.8 Å². The van der Waals surface area contributed by atoms with Gasteiger partial charge in [0, 0.05) is 6.54 Å². The number of nitrogens with two attached hydrogens (primary N) is 1. The Morgan fingerprint density at radius 3 is 2.89 bits per heavy atom. The van der Waals surface area contributed by atoms with Crippen LogP contribution in [0.5, 0.6) is 5.75 Å². The first-order valence-electron chi connectivity index (χ1n) is 6.93. The van der Waals surface area contributed by atoms with Crippen LogP contribution in [-0.2, 0) is 0 Å². The molecule has 1 aliphatic carbocycles. The maximum Gasteiger partial charge on any atom is 0.197 e. The van der Waals surface area contributed by atoms with Gasteiger partial charge in [-0.3, -0.25) is 0 Å². The van der Waals surface area contributed by atoms with Gasteiger partial charge in [0.25, 0.3) is 0 Å². The molecule has 102 valence electrons. The van der Waals surface area contributed by atoms with Crippen molar-refractivity contribution >= 4 is 22.4 Å². The first kappa shape index (κ1) is 13.5. The van der Waals surface area contributed by atoms with Gasteiger partial charge in [-0.25, -0.2) is 0 Å². The normalized spacial score (nSPS) is 16.7. The number of nitrogens with one attached hydrogen (secondary N) is 1. The number of hydrogen-bond donors (Lipinski definition) is 2. The van der Waals surface area contributed by atoms with Crippen molar-refractivity contribution in [3.63, 3.8) is 0 Å². The van der Waals surface area contributed by atoms with Gasteiger partial charge in [0.1, 0.15) is 0 Å². The van der Waals surface area contributed by atoms with Gasteiger partial charge in [0.2, 0.25) is 0 Å². The zero-order valence-electron chi connectivity index (χ0n) is 11.1. The van der Waals surface area contributed by atoms with E-state index < -0.39 is 0 Å². The van der Waals surface area contributed by atoms with E-state index in [1.807, 2.05) is 6.92 Å². The Morgan fingerprint density at radius 2 is 2.17 bits per heavy atom. The number of nitrogens with zero attached hydrogens (tertiary/aromatic N) is 1. The Hall–Kier alpha value is -0.970. The smallest absolute Gasteiger partial charge is 0.197 e. The second kappa shape index (κ2) is 6.83. The Bertz CT molecular complexity index is 361. The second-order valence-electron chi connectivity index (χ2n) is 4.88. The lowest BCUT2D eigenvalue weighted by Gasteiger charge is -2.21. The summed E-state index contributed by atoms with van der Waals surface area (Å²) in [5.41, 5.74) is 5.78. The third-order valence-corrected chi connectivity index (χ3v) is 4.33. The second-order valence-corrected chi connectivity index (χ2v) is 5.65. The summed E-state index contributed by atoms with van der Waals surface area (Å²) in [6.45, 7) is 3.58. The van der Waals surface area contributed by atoms with E-state index in [1.54, 1.807) is 0 Å². The SMILES string of the molecule is CCOc1c(N)nsc1NCCC1CCCCC1. The van der Waals surface area contributed by atoms with E-state index in [-0.39, 0.29) is 0 Å². The molecule has 0 radical (unpaired) electrons. The Kier molecular flexibility index (Phi) is 5.11. The third-order valence-electron chi connectivity index (χ3n) is 3.53. The molecular weight excluding hydrogens is 246 g/mol. The van der Waals surface area contributed by atoms with E-state index in [2.05, 4.69) is 9.69 Å². The standard InChI is InChI=1S/C13H23N3OS/c1-2-17-11-12(14)16-18-13(11)15-9-8-10-6-4-3-5-7-10/h10,15H,2-9H2,1H3,(H2,14,16). The first-order valence-corrected chi connectivity index (χ1v) is 7.70. The molecule has 5 heteroatoms. The van der Waals surface area contributed by atoms with Crippen LogP contribution in [0.2, 0.25) is 0 Å². The molecule has 0 spiro atoms. The van der Waals surface area contributed by atoms with Crippen molar-refractivity contribution < 1.29 is 4.74 Å². The molecule has 1 fully saturated rings. The van der Waals surface area contributed by atoms with Crippen molar-refractivity contribution in [3.8, 4) is 5.75 Å². The summed E-state index contributed by atoms with van der Waals surface area (Å²) in [6.07, 6.45) is 8.26. The maximum atomic E-state index is 5.78.